The Morgan fingerprint density at radius 1 is 0.421 bits per heavy atom. The van der Waals surface area contributed by atoms with E-state index in [0.717, 1.165) is 50.4 Å². The van der Waals surface area contributed by atoms with E-state index in [9.17, 15) is 0 Å². The van der Waals surface area contributed by atoms with E-state index < -0.39 is 0 Å². The first kappa shape index (κ1) is 33.1. The molecule has 3 heterocycles. The fourth-order valence-electron chi connectivity index (χ4n) is 8.98. The lowest BCUT2D eigenvalue weighted by Gasteiger charge is -2.42. The summed E-state index contributed by atoms with van der Waals surface area (Å²) < 4.78 is 2.27. The number of hydrogen-bond acceptors (Lipinski definition) is 3. The molecule has 2 aromatic heterocycles. The molecule has 11 rings (SSSR count). The Kier molecular flexibility index (Phi) is 7.48. The Hall–Kier alpha value is -7.30. The molecule has 57 heavy (non-hydrogen) atoms. The fourth-order valence-corrected chi connectivity index (χ4v) is 8.98. The van der Waals surface area contributed by atoms with Crippen molar-refractivity contribution in [2.75, 3.05) is 4.90 Å². The van der Waals surface area contributed by atoms with Gasteiger partial charge < -0.3 is 4.90 Å². The SMILES string of the molecule is CC1(C)c2ccccc2N(c2ccccc2)c2cc(-c3ccc4c5c6ccccc6ccc5n(-c5nc(-c6ccccc6)cc(-c6ccccc6)n5)c4c3)ccc21. The summed E-state index contributed by atoms with van der Waals surface area (Å²) in [6, 6.07) is 69.5. The van der Waals surface area contributed by atoms with Crippen molar-refractivity contribution in [1.29, 1.82) is 0 Å². The Morgan fingerprint density at radius 3 is 1.75 bits per heavy atom. The molecule has 0 atom stereocenters. The smallest absolute Gasteiger partial charge is 0.235 e. The number of benzene rings is 8. The molecule has 0 bridgehead atoms. The second-order valence-corrected chi connectivity index (χ2v) is 15.5. The van der Waals surface area contributed by atoms with Crippen molar-refractivity contribution in [2.24, 2.45) is 0 Å². The van der Waals surface area contributed by atoms with Crippen molar-refractivity contribution in [1.82, 2.24) is 14.5 Å². The second-order valence-electron chi connectivity index (χ2n) is 15.5. The van der Waals surface area contributed by atoms with Gasteiger partial charge in [-0.05, 0) is 75.5 Å². The van der Waals surface area contributed by atoms with Crippen LogP contribution < -0.4 is 4.90 Å². The van der Waals surface area contributed by atoms with E-state index in [-0.39, 0.29) is 5.41 Å². The summed E-state index contributed by atoms with van der Waals surface area (Å²) in [5.41, 5.74) is 14.3. The number of hydrogen-bond donors (Lipinski definition) is 0. The molecule has 0 N–H and O–H groups in total. The van der Waals surface area contributed by atoms with Gasteiger partial charge in [-0.25, -0.2) is 9.97 Å². The predicted molar refractivity (Wildman–Crippen MR) is 237 cm³/mol. The quantitative estimate of drug-likeness (QED) is 0.177. The Morgan fingerprint density at radius 2 is 1.02 bits per heavy atom. The van der Waals surface area contributed by atoms with Crippen molar-refractivity contribution in [3.8, 4) is 39.6 Å². The molecule has 0 amide bonds. The van der Waals surface area contributed by atoms with Crippen molar-refractivity contribution in [3.05, 3.63) is 205 Å². The fraction of sp³-hybridized carbons (Fsp3) is 0.0566. The lowest BCUT2D eigenvalue weighted by atomic mass is 9.73. The molecular weight excluding hydrogens is 693 g/mol. The largest absolute Gasteiger partial charge is 0.310 e. The van der Waals surface area contributed by atoms with Crippen LogP contribution in [-0.2, 0) is 5.41 Å². The lowest BCUT2D eigenvalue weighted by molar-refractivity contribution is 0.632. The highest BCUT2D eigenvalue weighted by Gasteiger charge is 2.37. The molecule has 4 heteroatoms. The molecule has 8 aromatic carbocycles. The maximum absolute atomic E-state index is 5.34. The van der Waals surface area contributed by atoms with Crippen molar-refractivity contribution in [2.45, 2.75) is 19.3 Å². The summed E-state index contributed by atoms with van der Waals surface area (Å²) in [4.78, 5) is 13.1. The first-order valence-corrected chi connectivity index (χ1v) is 19.6. The van der Waals surface area contributed by atoms with E-state index in [1.54, 1.807) is 0 Å². The molecule has 1 aliphatic heterocycles. The lowest BCUT2D eigenvalue weighted by Crippen LogP contribution is -2.30. The van der Waals surface area contributed by atoms with Gasteiger partial charge in [-0.3, -0.25) is 4.57 Å². The van der Waals surface area contributed by atoms with Gasteiger partial charge in [0, 0.05) is 33.0 Å². The summed E-state index contributed by atoms with van der Waals surface area (Å²) in [6.45, 7) is 4.68. The van der Waals surface area contributed by atoms with E-state index in [1.807, 2.05) is 12.1 Å². The molecule has 0 aliphatic carbocycles. The summed E-state index contributed by atoms with van der Waals surface area (Å²) in [5, 5.41) is 4.78. The highest BCUT2D eigenvalue weighted by molar-refractivity contribution is 6.21. The van der Waals surface area contributed by atoms with Gasteiger partial charge in [0.2, 0.25) is 5.95 Å². The van der Waals surface area contributed by atoms with E-state index >= 15 is 0 Å². The maximum Gasteiger partial charge on any atom is 0.235 e. The third-order valence-corrected chi connectivity index (χ3v) is 11.8. The van der Waals surface area contributed by atoms with Gasteiger partial charge in [-0.1, -0.05) is 166 Å². The normalized spacial score (nSPS) is 13.2. The third kappa shape index (κ3) is 5.29. The van der Waals surface area contributed by atoms with Gasteiger partial charge in [0.05, 0.1) is 33.8 Å². The Labute approximate surface area is 332 Å². The van der Waals surface area contributed by atoms with Crippen LogP contribution in [0.4, 0.5) is 17.1 Å². The monoisotopic (exact) mass is 730 g/mol. The number of aromatic nitrogens is 3. The summed E-state index contributed by atoms with van der Waals surface area (Å²) in [7, 11) is 0. The third-order valence-electron chi connectivity index (χ3n) is 11.8. The highest BCUT2D eigenvalue weighted by Crippen LogP contribution is 2.52. The number of fused-ring (bicyclic) bond motifs is 7. The highest BCUT2D eigenvalue weighted by atomic mass is 15.2. The molecule has 0 fully saturated rings. The summed E-state index contributed by atoms with van der Waals surface area (Å²) >= 11 is 0. The summed E-state index contributed by atoms with van der Waals surface area (Å²) in [5.74, 6) is 0.640. The maximum atomic E-state index is 5.34. The minimum atomic E-state index is -0.176. The molecule has 10 aromatic rings. The predicted octanol–water partition coefficient (Wildman–Crippen LogP) is 13.8. The van der Waals surface area contributed by atoms with E-state index in [2.05, 4.69) is 205 Å². The van der Waals surface area contributed by atoms with Crippen LogP contribution in [0.3, 0.4) is 0 Å². The average molecular weight is 731 g/mol. The topological polar surface area (TPSA) is 34.0 Å². The molecule has 1 aliphatic rings. The van der Waals surface area contributed by atoms with Gasteiger partial charge in [0.25, 0.3) is 0 Å². The van der Waals surface area contributed by atoms with Crippen LogP contribution in [0.2, 0.25) is 0 Å². The zero-order valence-corrected chi connectivity index (χ0v) is 31.8. The van der Waals surface area contributed by atoms with Crippen molar-refractivity contribution >= 4 is 49.6 Å². The van der Waals surface area contributed by atoms with Crippen LogP contribution in [-0.4, -0.2) is 14.5 Å². The molecule has 0 saturated heterocycles. The van der Waals surface area contributed by atoms with Crippen LogP contribution in [0.5, 0.6) is 0 Å². The average Bonchev–Trinajstić information content (AvgIpc) is 3.61. The summed E-state index contributed by atoms with van der Waals surface area (Å²) in [6.07, 6.45) is 0. The first-order chi connectivity index (χ1) is 28.0. The van der Waals surface area contributed by atoms with Gasteiger partial charge >= 0.3 is 0 Å². The number of para-hydroxylation sites is 2. The van der Waals surface area contributed by atoms with Gasteiger partial charge in [0.1, 0.15) is 0 Å². The number of nitrogens with zero attached hydrogens (tertiary/aromatic N) is 4. The van der Waals surface area contributed by atoms with Crippen LogP contribution in [0.15, 0.2) is 194 Å². The van der Waals surface area contributed by atoms with Crippen LogP contribution in [0.25, 0.3) is 72.2 Å². The molecular formula is C53H38N4. The van der Waals surface area contributed by atoms with E-state index in [0.29, 0.717) is 5.95 Å². The number of rotatable bonds is 5. The minimum absolute atomic E-state index is 0.176. The van der Waals surface area contributed by atoms with Crippen LogP contribution >= 0.6 is 0 Å². The van der Waals surface area contributed by atoms with Gasteiger partial charge in [-0.2, -0.15) is 0 Å². The van der Waals surface area contributed by atoms with Crippen LogP contribution in [0.1, 0.15) is 25.0 Å². The van der Waals surface area contributed by atoms with E-state index in [4.69, 9.17) is 9.97 Å². The Balaban J connectivity index is 1.17. The van der Waals surface area contributed by atoms with Gasteiger partial charge in [-0.15, -0.1) is 0 Å². The molecule has 4 nitrogen and oxygen atoms in total. The molecule has 0 spiro atoms. The first-order valence-electron chi connectivity index (χ1n) is 19.6. The molecule has 0 radical (unpaired) electrons. The zero-order chi connectivity index (χ0) is 38.1. The zero-order valence-electron chi connectivity index (χ0n) is 31.8. The molecule has 270 valence electrons. The van der Waals surface area contributed by atoms with Crippen molar-refractivity contribution in [3.63, 3.8) is 0 Å². The number of anilines is 3. The molecule has 0 unspecified atom stereocenters. The standard InChI is InChI=1S/C53H38N4/c1-53(2)43-24-14-15-25-47(43)56(40-21-10-5-11-22-40)50-33-39(27-30-44(50)53)38-26-29-42-49(32-38)57(48-31-28-35-16-12-13-23-41(35)51(42)48)52-54-45(36-17-6-3-7-18-36)34-46(55-52)37-19-8-4-9-20-37/h3-34H,1-2H3. The second kappa shape index (κ2) is 12.9. The van der Waals surface area contributed by atoms with Gasteiger partial charge in [0.15, 0.2) is 0 Å². The minimum Gasteiger partial charge on any atom is -0.310 e. The molecule has 0 saturated carbocycles. The van der Waals surface area contributed by atoms with Crippen LogP contribution in [0, 0.1) is 0 Å². The van der Waals surface area contributed by atoms with E-state index in [1.165, 1.54) is 44.0 Å². The Bertz CT molecular complexity index is 3090. The van der Waals surface area contributed by atoms with Crippen molar-refractivity contribution < 1.29 is 0 Å².